The lowest BCUT2D eigenvalue weighted by molar-refractivity contribution is -0.302. The van der Waals surface area contributed by atoms with E-state index in [9.17, 15) is 15.3 Å². The molecular formula is C14H20O6. The average Bonchev–Trinajstić information content (AvgIpc) is 2.49. The molecule has 0 spiro atoms. The molecule has 3 N–H and O–H groups in total. The van der Waals surface area contributed by atoms with Gasteiger partial charge in [-0.25, -0.2) is 0 Å². The van der Waals surface area contributed by atoms with E-state index in [-0.39, 0.29) is 13.2 Å². The zero-order valence-corrected chi connectivity index (χ0v) is 11.3. The van der Waals surface area contributed by atoms with E-state index < -0.39 is 30.7 Å². The number of benzene rings is 1. The van der Waals surface area contributed by atoms with Crippen molar-refractivity contribution < 1.29 is 29.5 Å². The lowest BCUT2D eigenvalue weighted by Crippen LogP contribution is -2.59. The molecule has 1 fully saturated rings. The molecular weight excluding hydrogens is 264 g/mol. The Labute approximate surface area is 117 Å². The summed E-state index contributed by atoms with van der Waals surface area (Å²) in [5.74, 6) is 0. The fourth-order valence-electron chi connectivity index (χ4n) is 2.22. The summed E-state index contributed by atoms with van der Waals surface area (Å²) >= 11 is 0. The number of methoxy groups -OCH3 is 1. The van der Waals surface area contributed by atoms with Gasteiger partial charge in [-0.1, -0.05) is 30.3 Å². The van der Waals surface area contributed by atoms with E-state index in [0.717, 1.165) is 5.56 Å². The van der Waals surface area contributed by atoms with Crippen LogP contribution in [0.25, 0.3) is 0 Å². The van der Waals surface area contributed by atoms with Gasteiger partial charge in [0.2, 0.25) is 0 Å². The molecule has 0 saturated carbocycles. The highest BCUT2D eigenvalue weighted by Crippen LogP contribution is 2.24. The van der Waals surface area contributed by atoms with Gasteiger partial charge in [0.05, 0.1) is 13.2 Å². The van der Waals surface area contributed by atoms with E-state index in [4.69, 9.17) is 14.2 Å². The Balaban J connectivity index is 2.01. The van der Waals surface area contributed by atoms with Gasteiger partial charge in [-0.15, -0.1) is 0 Å². The summed E-state index contributed by atoms with van der Waals surface area (Å²) in [6.45, 7) is -0.0735. The van der Waals surface area contributed by atoms with Crippen molar-refractivity contribution in [2.24, 2.45) is 0 Å². The van der Waals surface area contributed by atoms with Crippen molar-refractivity contribution in [2.75, 3.05) is 13.7 Å². The van der Waals surface area contributed by atoms with Crippen molar-refractivity contribution in [3.8, 4) is 0 Å². The van der Waals surface area contributed by atoms with Crippen LogP contribution in [-0.4, -0.2) is 59.7 Å². The second kappa shape index (κ2) is 7.12. The largest absolute Gasteiger partial charge is 0.394 e. The Morgan fingerprint density at radius 2 is 1.85 bits per heavy atom. The topological polar surface area (TPSA) is 88.4 Å². The van der Waals surface area contributed by atoms with Crippen molar-refractivity contribution in [2.45, 2.75) is 37.3 Å². The van der Waals surface area contributed by atoms with Crippen molar-refractivity contribution >= 4 is 0 Å². The quantitative estimate of drug-likeness (QED) is 0.685. The van der Waals surface area contributed by atoms with Crippen molar-refractivity contribution in [3.05, 3.63) is 35.9 Å². The van der Waals surface area contributed by atoms with Gasteiger partial charge in [0.15, 0.2) is 6.29 Å². The van der Waals surface area contributed by atoms with Crippen molar-refractivity contribution in [3.63, 3.8) is 0 Å². The maximum atomic E-state index is 10.1. The molecule has 0 aliphatic carbocycles. The van der Waals surface area contributed by atoms with E-state index in [1.54, 1.807) is 0 Å². The number of aliphatic hydroxyl groups excluding tert-OH is 3. The second-order valence-electron chi connectivity index (χ2n) is 4.70. The Bertz CT molecular complexity index is 396. The van der Waals surface area contributed by atoms with Crippen LogP contribution in [0.3, 0.4) is 0 Å². The van der Waals surface area contributed by atoms with Crippen LogP contribution in [0.4, 0.5) is 0 Å². The Morgan fingerprint density at radius 1 is 1.15 bits per heavy atom. The SMILES string of the molecule is CO[C@@H]1O[C@@H](CO)[C@H](OCc2ccccc2)[C@@H](O)[C@@H]1O. The Kier molecular flexibility index (Phi) is 5.47. The molecule has 1 aliphatic heterocycles. The van der Waals surface area contributed by atoms with Crippen LogP contribution in [0.15, 0.2) is 30.3 Å². The lowest BCUT2D eigenvalue weighted by atomic mass is 9.99. The molecule has 1 saturated heterocycles. The molecule has 0 aromatic heterocycles. The summed E-state index contributed by atoms with van der Waals surface area (Å²) < 4.78 is 15.9. The maximum absolute atomic E-state index is 10.1. The van der Waals surface area contributed by atoms with Crippen LogP contribution >= 0.6 is 0 Å². The fraction of sp³-hybridized carbons (Fsp3) is 0.571. The smallest absolute Gasteiger partial charge is 0.186 e. The van der Waals surface area contributed by atoms with Crippen molar-refractivity contribution in [1.82, 2.24) is 0 Å². The maximum Gasteiger partial charge on any atom is 0.186 e. The minimum absolute atomic E-state index is 0.257. The standard InChI is InChI=1S/C14H20O6/c1-18-14-12(17)11(16)13(10(7-15)20-14)19-8-9-5-3-2-4-6-9/h2-6,10-17H,7-8H2,1H3/t10-,11-,12-,13-,14+/m0/s1. The molecule has 20 heavy (non-hydrogen) atoms. The molecule has 6 nitrogen and oxygen atoms in total. The number of hydrogen-bond donors (Lipinski definition) is 3. The highest BCUT2D eigenvalue weighted by molar-refractivity contribution is 5.13. The summed E-state index contributed by atoms with van der Waals surface area (Å²) in [7, 11) is 1.36. The molecule has 1 aromatic carbocycles. The summed E-state index contributed by atoms with van der Waals surface area (Å²) in [6, 6.07) is 9.43. The van der Waals surface area contributed by atoms with E-state index in [0.29, 0.717) is 0 Å². The predicted octanol–water partition coefficient (Wildman–Crippen LogP) is -0.343. The van der Waals surface area contributed by atoms with Crippen LogP contribution in [0.5, 0.6) is 0 Å². The molecule has 0 amide bonds. The zero-order valence-electron chi connectivity index (χ0n) is 11.3. The van der Waals surface area contributed by atoms with Gasteiger partial charge in [0, 0.05) is 7.11 Å². The van der Waals surface area contributed by atoms with Crippen molar-refractivity contribution in [1.29, 1.82) is 0 Å². The number of ether oxygens (including phenoxy) is 3. The average molecular weight is 284 g/mol. The third-order valence-electron chi connectivity index (χ3n) is 3.34. The summed E-state index contributed by atoms with van der Waals surface area (Å²) in [5, 5.41) is 29.3. The first kappa shape index (κ1) is 15.4. The first-order chi connectivity index (χ1) is 9.67. The summed E-state index contributed by atoms with van der Waals surface area (Å²) in [4.78, 5) is 0. The van der Waals surface area contributed by atoms with Crippen LogP contribution < -0.4 is 0 Å². The highest BCUT2D eigenvalue weighted by atomic mass is 16.7. The molecule has 0 unspecified atom stereocenters. The number of aliphatic hydroxyl groups is 3. The lowest BCUT2D eigenvalue weighted by Gasteiger charge is -2.41. The van der Waals surface area contributed by atoms with E-state index >= 15 is 0 Å². The van der Waals surface area contributed by atoms with Gasteiger partial charge >= 0.3 is 0 Å². The molecule has 0 radical (unpaired) electrons. The summed E-state index contributed by atoms with van der Waals surface area (Å²) in [6.07, 6.45) is -4.94. The van der Waals surface area contributed by atoms with Crippen LogP contribution in [-0.2, 0) is 20.8 Å². The van der Waals surface area contributed by atoms with Gasteiger partial charge in [-0.3, -0.25) is 0 Å². The molecule has 1 heterocycles. The summed E-state index contributed by atoms with van der Waals surface area (Å²) in [5.41, 5.74) is 0.930. The Morgan fingerprint density at radius 3 is 2.45 bits per heavy atom. The molecule has 1 aromatic rings. The highest BCUT2D eigenvalue weighted by Gasteiger charge is 2.45. The second-order valence-corrected chi connectivity index (χ2v) is 4.70. The molecule has 0 bridgehead atoms. The Hall–Kier alpha value is -1.02. The molecule has 5 atom stereocenters. The molecule has 6 heteroatoms. The van der Waals surface area contributed by atoms with E-state index in [1.807, 2.05) is 30.3 Å². The number of rotatable bonds is 5. The van der Waals surface area contributed by atoms with Gasteiger partial charge in [0.1, 0.15) is 24.4 Å². The van der Waals surface area contributed by atoms with E-state index in [2.05, 4.69) is 0 Å². The predicted molar refractivity (Wildman–Crippen MR) is 69.8 cm³/mol. The number of hydrogen-bond acceptors (Lipinski definition) is 6. The molecule has 2 rings (SSSR count). The monoisotopic (exact) mass is 284 g/mol. The minimum atomic E-state index is -1.22. The third kappa shape index (κ3) is 3.35. The molecule has 112 valence electrons. The zero-order chi connectivity index (χ0) is 14.5. The first-order valence-corrected chi connectivity index (χ1v) is 6.48. The van der Waals surface area contributed by atoms with Gasteiger partial charge in [-0.2, -0.15) is 0 Å². The first-order valence-electron chi connectivity index (χ1n) is 6.48. The minimum Gasteiger partial charge on any atom is -0.394 e. The van der Waals surface area contributed by atoms with Crippen LogP contribution in [0.2, 0.25) is 0 Å². The van der Waals surface area contributed by atoms with Gasteiger partial charge in [0.25, 0.3) is 0 Å². The van der Waals surface area contributed by atoms with Gasteiger partial charge < -0.3 is 29.5 Å². The third-order valence-corrected chi connectivity index (χ3v) is 3.34. The molecule has 1 aliphatic rings. The van der Waals surface area contributed by atoms with Gasteiger partial charge in [-0.05, 0) is 5.56 Å². The van der Waals surface area contributed by atoms with Crippen LogP contribution in [0.1, 0.15) is 5.56 Å². The van der Waals surface area contributed by atoms with E-state index in [1.165, 1.54) is 7.11 Å². The normalized spacial score (nSPS) is 34.1. The fourth-order valence-corrected chi connectivity index (χ4v) is 2.22. The van der Waals surface area contributed by atoms with Crippen LogP contribution in [0, 0.1) is 0 Å².